The number of hydrogen-bond donors (Lipinski definition) is 3. The number of carbonyl (C=O) groups is 2. The van der Waals surface area contributed by atoms with Gasteiger partial charge in [0.2, 0.25) is 16.9 Å². The molecular formula is C15H19N5O3S2. The van der Waals surface area contributed by atoms with Crippen LogP contribution in [0.3, 0.4) is 0 Å². The Morgan fingerprint density at radius 1 is 1.28 bits per heavy atom. The average molecular weight is 381 g/mol. The zero-order valence-corrected chi connectivity index (χ0v) is 15.7. The van der Waals surface area contributed by atoms with E-state index in [9.17, 15) is 9.59 Å². The first-order valence-corrected chi connectivity index (χ1v) is 9.27. The Labute approximate surface area is 153 Å². The van der Waals surface area contributed by atoms with Gasteiger partial charge in [0.1, 0.15) is 5.75 Å². The largest absolute Gasteiger partial charge is 0.495 e. The van der Waals surface area contributed by atoms with Gasteiger partial charge in [-0.3, -0.25) is 9.59 Å². The smallest absolute Gasteiger partial charge is 0.234 e. The van der Waals surface area contributed by atoms with Crippen molar-refractivity contribution in [2.24, 2.45) is 0 Å². The number of benzene rings is 1. The number of anilines is 3. The summed E-state index contributed by atoms with van der Waals surface area (Å²) in [7, 11) is 1.52. The molecule has 2 rings (SSSR count). The van der Waals surface area contributed by atoms with Crippen molar-refractivity contribution in [1.82, 2.24) is 10.2 Å². The molecule has 8 nitrogen and oxygen atoms in total. The second-order valence-electron chi connectivity index (χ2n) is 4.84. The second-order valence-corrected chi connectivity index (χ2v) is 7.04. The maximum Gasteiger partial charge on any atom is 0.234 e. The highest BCUT2D eigenvalue weighted by atomic mass is 32.2. The van der Waals surface area contributed by atoms with Gasteiger partial charge in [-0.25, -0.2) is 0 Å². The Morgan fingerprint density at radius 2 is 2.08 bits per heavy atom. The van der Waals surface area contributed by atoms with Crippen LogP contribution in [0.1, 0.15) is 13.8 Å². The van der Waals surface area contributed by atoms with E-state index in [2.05, 4.69) is 26.1 Å². The van der Waals surface area contributed by atoms with Crippen LogP contribution in [0.15, 0.2) is 22.5 Å². The standard InChI is InChI=1S/C15H19N5O3S2/c1-4-16-14-19-20-15(25-14)24-8-13(22)18-11-7-10(17-9(2)21)5-6-12(11)23-3/h5-7H,4,8H2,1-3H3,(H,16,19)(H,17,21)(H,18,22). The number of carbonyl (C=O) groups excluding carboxylic acids is 2. The zero-order valence-electron chi connectivity index (χ0n) is 14.1. The number of aromatic nitrogens is 2. The number of rotatable bonds is 8. The van der Waals surface area contributed by atoms with Crippen molar-refractivity contribution in [3.05, 3.63) is 18.2 Å². The van der Waals surface area contributed by atoms with Crippen LogP contribution in [0.25, 0.3) is 0 Å². The van der Waals surface area contributed by atoms with Crippen molar-refractivity contribution < 1.29 is 14.3 Å². The van der Waals surface area contributed by atoms with E-state index in [1.54, 1.807) is 18.2 Å². The van der Waals surface area contributed by atoms with E-state index in [4.69, 9.17) is 4.74 Å². The summed E-state index contributed by atoms with van der Waals surface area (Å²) >= 11 is 2.71. The van der Waals surface area contributed by atoms with Crippen LogP contribution in [0.5, 0.6) is 5.75 Å². The van der Waals surface area contributed by atoms with Crippen LogP contribution in [0.2, 0.25) is 0 Å². The van der Waals surface area contributed by atoms with Crippen LogP contribution in [0, 0.1) is 0 Å². The fourth-order valence-corrected chi connectivity index (χ4v) is 3.51. The molecule has 0 radical (unpaired) electrons. The summed E-state index contributed by atoms with van der Waals surface area (Å²) in [4.78, 5) is 23.3. The van der Waals surface area contributed by atoms with Gasteiger partial charge in [0.05, 0.1) is 18.6 Å². The molecule has 2 amide bonds. The fraction of sp³-hybridized carbons (Fsp3) is 0.333. The quantitative estimate of drug-likeness (QED) is 0.604. The highest BCUT2D eigenvalue weighted by Crippen LogP contribution is 2.29. The van der Waals surface area contributed by atoms with E-state index in [0.717, 1.165) is 11.7 Å². The molecule has 1 aromatic heterocycles. The molecule has 0 fully saturated rings. The molecule has 25 heavy (non-hydrogen) atoms. The molecule has 0 aliphatic carbocycles. The Balaban J connectivity index is 1.97. The Bertz CT molecular complexity index is 751. The maximum absolute atomic E-state index is 12.2. The van der Waals surface area contributed by atoms with Gasteiger partial charge >= 0.3 is 0 Å². The van der Waals surface area contributed by atoms with Crippen LogP contribution in [-0.2, 0) is 9.59 Å². The Kier molecular flexibility index (Phi) is 7.02. The molecule has 0 saturated carbocycles. The van der Waals surface area contributed by atoms with E-state index in [0.29, 0.717) is 21.5 Å². The van der Waals surface area contributed by atoms with Gasteiger partial charge in [0, 0.05) is 19.2 Å². The molecule has 10 heteroatoms. The summed E-state index contributed by atoms with van der Waals surface area (Å²) < 4.78 is 5.95. The van der Waals surface area contributed by atoms with Crippen LogP contribution in [-0.4, -0.2) is 41.4 Å². The molecule has 0 unspecified atom stereocenters. The first-order valence-electron chi connectivity index (χ1n) is 7.47. The first kappa shape index (κ1) is 19.0. The first-order chi connectivity index (χ1) is 12.0. The zero-order chi connectivity index (χ0) is 18.2. The van der Waals surface area contributed by atoms with Gasteiger partial charge in [-0.05, 0) is 25.1 Å². The van der Waals surface area contributed by atoms with Gasteiger partial charge in [0.25, 0.3) is 0 Å². The highest BCUT2D eigenvalue weighted by Gasteiger charge is 2.11. The minimum atomic E-state index is -0.205. The minimum Gasteiger partial charge on any atom is -0.495 e. The lowest BCUT2D eigenvalue weighted by Crippen LogP contribution is -2.15. The van der Waals surface area contributed by atoms with Crippen molar-refractivity contribution >= 4 is 51.4 Å². The summed E-state index contributed by atoms with van der Waals surface area (Å²) in [6.45, 7) is 4.16. The third-order valence-electron chi connectivity index (χ3n) is 2.86. The van der Waals surface area contributed by atoms with Gasteiger partial charge in [-0.2, -0.15) is 0 Å². The fourth-order valence-electron chi connectivity index (χ4n) is 1.89. The van der Waals surface area contributed by atoms with Crippen molar-refractivity contribution in [3.8, 4) is 5.75 Å². The number of nitrogens with one attached hydrogen (secondary N) is 3. The Morgan fingerprint density at radius 3 is 2.76 bits per heavy atom. The summed E-state index contributed by atoms with van der Waals surface area (Å²) in [6, 6.07) is 5.03. The lowest BCUT2D eigenvalue weighted by Gasteiger charge is -2.12. The monoisotopic (exact) mass is 381 g/mol. The number of thioether (sulfide) groups is 1. The second kappa shape index (κ2) is 9.23. The minimum absolute atomic E-state index is 0.189. The van der Waals surface area contributed by atoms with E-state index < -0.39 is 0 Å². The predicted molar refractivity (Wildman–Crippen MR) is 101 cm³/mol. The van der Waals surface area contributed by atoms with Gasteiger partial charge in [0.15, 0.2) is 4.34 Å². The maximum atomic E-state index is 12.2. The summed E-state index contributed by atoms with van der Waals surface area (Å²) in [6.07, 6.45) is 0. The summed E-state index contributed by atoms with van der Waals surface area (Å²) in [5.74, 6) is 0.306. The van der Waals surface area contributed by atoms with Crippen LogP contribution in [0.4, 0.5) is 16.5 Å². The highest BCUT2D eigenvalue weighted by molar-refractivity contribution is 8.01. The third-order valence-corrected chi connectivity index (χ3v) is 4.87. The molecular weight excluding hydrogens is 362 g/mol. The van der Waals surface area contributed by atoms with Crippen molar-refractivity contribution in [2.75, 3.05) is 35.4 Å². The lowest BCUT2D eigenvalue weighted by molar-refractivity contribution is -0.114. The van der Waals surface area contributed by atoms with Gasteiger partial charge in [-0.15, -0.1) is 10.2 Å². The van der Waals surface area contributed by atoms with E-state index in [1.807, 2.05) is 6.92 Å². The van der Waals surface area contributed by atoms with E-state index >= 15 is 0 Å². The van der Waals surface area contributed by atoms with Crippen LogP contribution < -0.4 is 20.7 Å². The normalized spacial score (nSPS) is 10.2. The average Bonchev–Trinajstić information content (AvgIpc) is 3.01. The Hall–Kier alpha value is -2.33. The van der Waals surface area contributed by atoms with Gasteiger partial charge in [-0.1, -0.05) is 23.1 Å². The third kappa shape index (κ3) is 5.91. The SMILES string of the molecule is CCNc1nnc(SCC(=O)Nc2cc(NC(C)=O)ccc2OC)s1. The molecule has 0 spiro atoms. The van der Waals surface area contributed by atoms with Crippen LogP contribution >= 0.6 is 23.1 Å². The number of methoxy groups -OCH3 is 1. The molecule has 2 aromatic rings. The lowest BCUT2D eigenvalue weighted by atomic mass is 10.2. The van der Waals surface area contributed by atoms with Crippen molar-refractivity contribution in [3.63, 3.8) is 0 Å². The topological polar surface area (TPSA) is 105 Å². The molecule has 0 bridgehead atoms. The number of nitrogens with zero attached hydrogens (tertiary/aromatic N) is 2. The molecule has 0 aliphatic heterocycles. The molecule has 0 atom stereocenters. The molecule has 0 aliphatic rings. The van der Waals surface area contributed by atoms with E-state index in [-0.39, 0.29) is 17.6 Å². The molecule has 1 heterocycles. The number of ether oxygens (including phenoxy) is 1. The van der Waals surface area contributed by atoms with Crippen molar-refractivity contribution in [1.29, 1.82) is 0 Å². The van der Waals surface area contributed by atoms with Crippen molar-refractivity contribution in [2.45, 2.75) is 18.2 Å². The van der Waals surface area contributed by atoms with E-state index in [1.165, 1.54) is 37.1 Å². The number of hydrogen-bond acceptors (Lipinski definition) is 8. The predicted octanol–water partition coefficient (Wildman–Crippen LogP) is 2.67. The molecule has 1 aromatic carbocycles. The summed E-state index contributed by atoms with van der Waals surface area (Å²) in [5.41, 5.74) is 1.07. The molecule has 134 valence electrons. The molecule has 3 N–H and O–H groups in total. The number of amides is 2. The molecule has 0 saturated heterocycles. The van der Waals surface area contributed by atoms with Gasteiger partial charge < -0.3 is 20.7 Å². The summed E-state index contributed by atoms with van der Waals surface area (Å²) in [5, 5.41) is 17.2.